The molecular weight excluding hydrogens is 487 g/mol. The van der Waals surface area contributed by atoms with Crippen molar-refractivity contribution in [2.24, 2.45) is 17.5 Å². The molecule has 1 aromatic carbocycles. The van der Waals surface area contributed by atoms with Crippen LogP contribution in [-0.4, -0.2) is 45.2 Å². The number of carbonyl (C=O) groups excluding carboxylic acids is 1. The van der Waals surface area contributed by atoms with Crippen molar-refractivity contribution in [3.05, 3.63) is 77.2 Å². The molecule has 0 aliphatic carbocycles. The summed E-state index contributed by atoms with van der Waals surface area (Å²) in [7, 11) is 1.81. The number of amidine groups is 1. The second-order valence-corrected chi connectivity index (χ2v) is 8.80. The number of carbonyl (C=O) groups is 1. The maximum Gasteiger partial charge on any atom is 0.400 e. The lowest BCUT2D eigenvalue weighted by Crippen LogP contribution is -2.36. The minimum Gasteiger partial charge on any atom is -0.511 e. The third kappa shape index (κ3) is 6.40. The first-order valence-corrected chi connectivity index (χ1v) is 11.0. The Morgan fingerprint density at radius 3 is 2.43 bits per heavy atom. The molecule has 1 aliphatic rings. The highest BCUT2D eigenvalue weighted by Gasteiger charge is 2.50. The predicted molar refractivity (Wildman–Crippen MR) is 135 cm³/mol. The molecule has 3 rings (SSSR count). The Kier molecular flexibility index (Phi) is 7.80. The first kappa shape index (κ1) is 27.1. The smallest absolute Gasteiger partial charge is 0.400 e. The Morgan fingerprint density at radius 1 is 1.24 bits per heavy atom. The van der Waals surface area contributed by atoms with Crippen LogP contribution in [0.4, 0.5) is 13.2 Å². The number of aryl methyl sites for hydroxylation is 1. The van der Waals surface area contributed by atoms with Crippen molar-refractivity contribution in [1.29, 1.82) is 10.8 Å². The van der Waals surface area contributed by atoms with Gasteiger partial charge < -0.3 is 21.1 Å². The van der Waals surface area contributed by atoms with Crippen LogP contribution in [0.2, 0.25) is 0 Å². The average molecular weight is 514 g/mol. The summed E-state index contributed by atoms with van der Waals surface area (Å²) in [6.45, 7) is 1.55. The molecule has 12 heteroatoms. The molecule has 37 heavy (non-hydrogen) atoms. The van der Waals surface area contributed by atoms with E-state index in [1.54, 1.807) is 47.6 Å². The standard InChI is InChI=1S/C25H26F3N7O2/c1-24(2,25(26,27)28)20(36)9-21(30)34-22(37)8-15-4-6-16(7-5-15)19(10-29)23-31-11-17(12-32-23)18-13-33-35(3)14-18/h4-7,9-14,29,31,36H,8H2,1-3H3,(H2,30,34,37)/b20-9-,23-19-,29-10?. The molecule has 0 bridgehead atoms. The highest BCUT2D eigenvalue weighted by atomic mass is 19.4. The van der Waals surface area contributed by atoms with Gasteiger partial charge in [-0.1, -0.05) is 24.3 Å². The van der Waals surface area contributed by atoms with E-state index in [0.717, 1.165) is 31.2 Å². The van der Waals surface area contributed by atoms with Gasteiger partial charge in [-0.15, -0.1) is 0 Å². The number of aliphatic hydroxyl groups is 1. The third-order valence-electron chi connectivity index (χ3n) is 5.67. The van der Waals surface area contributed by atoms with Gasteiger partial charge in [0.2, 0.25) is 5.91 Å². The molecule has 0 spiro atoms. The minimum atomic E-state index is -4.72. The molecule has 1 amide bonds. The highest BCUT2D eigenvalue weighted by Crippen LogP contribution is 2.42. The van der Waals surface area contributed by atoms with Crippen LogP contribution >= 0.6 is 0 Å². The van der Waals surface area contributed by atoms with Gasteiger partial charge in [-0.25, -0.2) is 4.99 Å². The van der Waals surface area contributed by atoms with Crippen LogP contribution in [0.3, 0.4) is 0 Å². The first-order valence-electron chi connectivity index (χ1n) is 11.0. The first-order chi connectivity index (χ1) is 17.3. The zero-order valence-electron chi connectivity index (χ0n) is 20.3. The molecule has 0 saturated carbocycles. The SMILES string of the molecule is Cn1cc(C2=CN/C(=C(\C=N)c3ccc(CC(=O)NC(=N)/C=C(\O)C(C)(C)C(F)(F)F)cc3)N=C2)cn1. The number of hydrogen-bond acceptors (Lipinski definition) is 7. The zero-order chi connectivity index (χ0) is 27.4. The van der Waals surface area contributed by atoms with Crippen LogP contribution in [0.5, 0.6) is 0 Å². The number of aliphatic imine (C=N–C) groups is 1. The van der Waals surface area contributed by atoms with Gasteiger partial charge in [0.1, 0.15) is 22.8 Å². The fourth-order valence-electron chi connectivity index (χ4n) is 3.20. The lowest BCUT2D eigenvalue weighted by Gasteiger charge is -2.26. The number of aliphatic hydroxyl groups excluding tert-OH is 1. The normalized spacial score (nSPS) is 15.5. The van der Waals surface area contributed by atoms with Crippen molar-refractivity contribution in [1.82, 2.24) is 20.4 Å². The number of nitrogens with zero attached hydrogens (tertiary/aromatic N) is 3. The molecule has 1 aliphatic heterocycles. The Labute approximate surface area is 211 Å². The van der Waals surface area contributed by atoms with E-state index in [4.69, 9.17) is 10.8 Å². The minimum absolute atomic E-state index is 0.149. The number of allylic oxidation sites excluding steroid dienone is 3. The van der Waals surface area contributed by atoms with E-state index < -0.39 is 29.1 Å². The molecule has 2 aromatic rings. The van der Waals surface area contributed by atoms with Crippen molar-refractivity contribution >= 4 is 35.3 Å². The molecule has 0 saturated heterocycles. The van der Waals surface area contributed by atoms with Crippen molar-refractivity contribution in [3.63, 3.8) is 0 Å². The number of hydrogen-bond donors (Lipinski definition) is 5. The predicted octanol–water partition coefficient (Wildman–Crippen LogP) is 4.12. The number of nitrogens with one attached hydrogen (secondary N) is 4. The van der Waals surface area contributed by atoms with E-state index in [1.807, 2.05) is 13.2 Å². The van der Waals surface area contributed by atoms with E-state index >= 15 is 0 Å². The van der Waals surface area contributed by atoms with Gasteiger partial charge in [0.05, 0.1) is 12.6 Å². The summed E-state index contributed by atoms with van der Waals surface area (Å²) >= 11 is 0. The summed E-state index contributed by atoms with van der Waals surface area (Å²) in [4.78, 5) is 16.7. The number of benzene rings is 1. The lowest BCUT2D eigenvalue weighted by atomic mass is 9.89. The summed E-state index contributed by atoms with van der Waals surface area (Å²) in [5, 5.41) is 34.7. The Bertz CT molecular complexity index is 1330. The van der Waals surface area contributed by atoms with Gasteiger partial charge in [-0.2, -0.15) is 18.3 Å². The molecule has 194 valence electrons. The van der Waals surface area contributed by atoms with Crippen LogP contribution < -0.4 is 10.6 Å². The average Bonchev–Trinajstić information content (AvgIpc) is 3.26. The van der Waals surface area contributed by atoms with Crippen LogP contribution in [0.1, 0.15) is 30.5 Å². The number of amides is 1. The van der Waals surface area contributed by atoms with E-state index in [1.165, 1.54) is 0 Å². The summed E-state index contributed by atoms with van der Waals surface area (Å²) < 4.78 is 40.7. The number of alkyl halides is 3. The summed E-state index contributed by atoms with van der Waals surface area (Å²) in [5.41, 5.74) is 0.924. The second kappa shape index (κ2) is 10.6. The second-order valence-electron chi connectivity index (χ2n) is 8.80. The van der Waals surface area contributed by atoms with Crippen LogP contribution in [0.15, 0.2) is 65.5 Å². The number of aromatic nitrogens is 2. The number of halogens is 3. The largest absolute Gasteiger partial charge is 0.511 e. The van der Waals surface area contributed by atoms with Crippen LogP contribution in [0, 0.1) is 16.2 Å². The molecule has 9 nitrogen and oxygen atoms in total. The third-order valence-corrected chi connectivity index (χ3v) is 5.67. The molecule has 0 atom stereocenters. The Balaban J connectivity index is 1.65. The summed E-state index contributed by atoms with van der Waals surface area (Å²) in [5.74, 6) is -1.91. The van der Waals surface area contributed by atoms with E-state index in [2.05, 4.69) is 20.7 Å². The van der Waals surface area contributed by atoms with Gasteiger partial charge in [0, 0.05) is 54.7 Å². The van der Waals surface area contributed by atoms with Gasteiger partial charge in [-0.05, 0) is 25.0 Å². The van der Waals surface area contributed by atoms with Crippen molar-refractivity contribution in [2.75, 3.05) is 0 Å². The Morgan fingerprint density at radius 2 is 1.92 bits per heavy atom. The highest BCUT2D eigenvalue weighted by molar-refractivity contribution is 6.14. The van der Waals surface area contributed by atoms with E-state index in [0.29, 0.717) is 28.6 Å². The van der Waals surface area contributed by atoms with Gasteiger partial charge in [-0.3, -0.25) is 14.9 Å². The fourth-order valence-corrected chi connectivity index (χ4v) is 3.20. The molecule has 2 heterocycles. The van der Waals surface area contributed by atoms with E-state index in [-0.39, 0.29) is 6.42 Å². The maximum atomic E-state index is 13.0. The van der Waals surface area contributed by atoms with Crippen LogP contribution in [-0.2, 0) is 18.3 Å². The molecule has 1 aromatic heterocycles. The van der Waals surface area contributed by atoms with E-state index in [9.17, 15) is 23.1 Å². The molecule has 0 unspecified atom stereocenters. The van der Waals surface area contributed by atoms with Gasteiger partial charge in [0.15, 0.2) is 0 Å². The lowest BCUT2D eigenvalue weighted by molar-refractivity contribution is -0.206. The fraction of sp³-hybridized carbons (Fsp3) is 0.240. The monoisotopic (exact) mass is 513 g/mol. The molecule has 0 radical (unpaired) electrons. The molecule has 5 N–H and O–H groups in total. The van der Waals surface area contributed by atoms with Gasteiger partial charge in [0.25, 0.3) is 0 Å². The maximum absolute atomic E-state index is 13.0. The molecular formula is C25H26F3N7O2. The quantitative estimate of drug-likeness (QED) is 0.216. The van der Waals surface area contributed by atoms with Crippen LogP contribution in [0.25, 0.3) is 11.1 Å². The van der Waals surface area contributed by atoms with Gasteiger partial charge >= 0.3 is 6.18 Å². The summed E-state index contributed by atoms with van der Waals surface area (Å²) in [6.07, 6.45) is 3.86. The topological polar surface area (TPSA) is 139 Å². The Hall–Kier alpha value is -4.48. The van der Waals surface area contributed by atoms with Crippen molar-refractivity contribution in [2.45, 2.75) is 26.4 Å². The molecule has 0 fully saturated rings. The zero-order valence-corrected chi connectivity index (χ0v) is 20.3. The van der Waals surface area contributed by atoms with Crippen molar-refractivity contribution in [3.8, 4) is 0 Å². The van der Waals surface area contributed by atoms with Crippen molar-refractivity contribution < 1.29 is 23.1 Å². The summed E-state index contributed by atoms with van der Waals surface area (Å²) in [6, 6.07) is 6.73. The number of rotatable bonds is 7.